The number of para-hydroxylation sites is 1. The predicted octanol–water partition coefficient (Wildman–Crippen LogP) is 8.65. The number of hydrogen-bond acceptors (Lipinski definition) is 9. The van der Waals surface area contributed by atoms with E-state index in [9.17, 15) is 14.7 Å². The fraction of sp³-hybridized carbons (Fsp3) is 0.217. The fourth-order valence-electron chi connectivity index (χ4n) is 9.72. The highest BCUT2D eigenvalue weighted by Gasteiger charge is 2.70. The van der Waals surface area contributed by atoms with Crippen molar-refractivity contribution in [2.75, 3.05) is 29.9 Å². The number of rotatable bonds is 9. The molecule has 2 saturated heterocycles. The second-order valence-corrected chi connectivity index (χ2v) is 16.0. The summed E-state index contributed by atoms with van der Waals surface area (Å²) in [4.78, 5) is 61.0. The number of benzene rings is 5. The first-order valence-electron chi connectivity index (χ1n) is 19.2. The van der Waals surface area contributed by atoms with Crippen LogP contribution in [-0.2, 0) is 24.6 Å². The van der Waals surface area contributed by atoms with Crippen molar-refractivity contribution in [3.8, 4) is 17.2 Å². The summed E-state index contributed by atoms with van der Waals surface area (Å²) >= 11 is 12.8. The molecule has 9 rings (SSSR count). The number of hydrazine groups is 1. The molecule has 3 fully saturated rings. The maximum atomic E-state index is 15.5. The van der Waals surface area contributed by atoms with E-state index in [1.54, 1.807) is 60.7 Å². The molecular weight excluding hydrogens is 791 g/mol. The van der Waals surface area contributed by atoms with Gasteiger partial charge in [-0.25, -0.2) is 0 Å². The molecule has 0 bridgehead atoms. The highest BCUT2D eigenvalue weighted by atomic mass is 35.5. The third-order valence-corrected chi connectivity index (χ3v) is 12.9. The van der Waals surface area contributed by atoms with Gasteiger partial charge in [-0.05, 0) is 109 Å². The van der Waals surface area contributed by atoms with E-state index >= 15 is 9.59 Å². The second kappa shape index (κ2) is 14.8. The molecule has 4 amide bonds. The number of hydrogen-bond donors (Lipinski definition) is 3. The lowest BCUT2D eigenvalue weighted by molar-refractivity contribution is -0.138. The van der Waals surface area contributed by atoms with E-state index in [0.29, 0.717) is 38.9 Å². The topological polar surface area (TPSA) is 138 Å². The Labute approximate surface area is 350 Å². The van der Waals surface area contributed by atoms with Crippen molar-refractivity contribution in [3.05, 3.63) is 148 Å². The summed E-state index contributed by atoms with van der Waals surface area (Å²) in [6, 6.07) is 33.2. The Morgan fingerprint density at radius 3 is 2.14 bits per heavy atom. The molecule has 0 aromatic heterocycles. The van der Waals surface area contributed by atoms with E-state index in [1.807, 2.05) is 48.5 Å². The average molecular weight is 830 g/mol. The Bertz CT molecular complexity index is 2550. The van der Waals surface area contributed by atoms with E-state index in [-0.39, 0.29) is 41.1 Å². The van der Waals surface area contributed by atoms with Crippen LogP contribution >= 0.6 is 23.2 Å². The predicted molar refractivity (Wildman–Crippen MR) is 224 cm³/mol. The van der Waals surface area contributed by atoms with Gasteiger partial charge in [-0.15, -0.1) is 0 Å². The van der Waals surface area contributed by atoms with E-state index in [1.165, 1.54) is 31.3 Å². The zero-order valence-electron chi connectivity index (χ0n) is 31.9. The minimum atomic E-state index is -1.65. The molecule has 3 N–H and O–H groups in total. The molecule has 11 nitrogen and oxygen atoms in total. The number of phenols is 1. The monoisotopic (exact) mass is 828 g/mol. The van der Waals surface area contributed by atoms with Crippen LogP contribution in [0.2, 0.25) is 10.0 Å². The molecule has 0 radical (unpaired) electrons. The molecule has 5 aromatic carbocycles. The van der Waals surface area contributed by atoms with Crippen LogP contribution in [0.5, 0.6) is 17.2 Å². The summed E-state index contributed by atoms with van der Waals surface area (Å²) in [6.07, 6.45) is 2.20. The van der Waals surface area contributed by atoms with Crippen molar-refractivity contribution in [1.82, 2.24) is 5.01 Å². The molecule has 298 valence electrons. The van der Waals surface area contributed by atoms with Gasteiger partial charge >= 0.3 is 0 Å². The number of halogens is 2. The quantitative estimate of drug-likeness (QED) is 0.0985. The number of amides is 4. The molecule has 2 aliphatic carbocycles. The van der Waals surface area contributed by atoms with Crippen molar-refractivity contribution in [1.29, 1.82) is 0 Å². The van der Waals surface area contributed by atoms with E-state index in [0.717, 1.165) is 16.4 Å². The zero-order chi connectivity index (χ0) is 41.2. The maximum absolute atomic E-state index is 15.5. The molecule has 6 atom stereocenters. The summed E-state index contributed by atoms with van der Waals surface area (Å²) in [7, 11) is 3.03. The first-order valence-corrected chi connectivity index (χ1v) is 19.9. The number of phenolic OH excluding ortho intramolecular Hbond substituents is 1. The van der Waals surface area contributed by atoms with Gasteiger partial charge in [0.15, 0.2) is 0 Å². The lowest BCUT2D eigenvalue weighted by atomic mass is 9.49. The van der Waals surface area contributed by atoms with Gasteiger partial charge in [0.25, 0.3) is 11.8 Å². The number of nitrogens with one attached hydrogen (secondary N) is 2. The Morgan fingerprint density at radius 1 is 0.746 bits per heavy atom. The number of allylic oxidation sites excluding steroid dienone is 2. The van der Waals surface area contributed by atoms with Crippen molar-refractivity contribution >= 4 is 69.6 Å². The van der Waals surface area contributed by atoms with Gasteiger partial charge in [0, 0.05) is 27.9 Å². The summed E-state index contributed by atoms with van der Waals surface area (Å²) < 4.78 is 11.1. The SMILES string of the molecule is COc1ccc(C23C(=O)N(Nc4ccc(Cl)cc4Cl)C(=O)C2CC2C(=CCC4C(=O)N(c5ccc(Nc6ccccc6)cc5)C(=O)C42)C3c2cc(OC)ccc2O)cc1. The first-order chi connectivity index (χ1) is 28.5. The van der Waals surface area contributed by atoms with Crippen LogP contribution in [0.4, 0.5) is 22.7 Å². The van der Waals surface area contributed by atoms with Crippen LogP contribution in [0.15, 0.2) is 127 Å². The number of anilines is 4. The largest absolute Gasteiger partial charge is 0.508 e. The number of carbonyl (C=O) groups is 4. The molecule has 5 aromatic rings. The van der Waals surface area contributed by atoms with Crippen LogP contribution in [0.25, 0.3) is 0 Å². The molecule has 59 heavy (non-hydrogen) atoms. The number of fused-ring (bicyclic) bond motifs is 4. The minimum Gasteiger partial charge on any atom is -0.508 e. The van der Waals surface area contributed by atoms with Crippen molar-refractivity contribution in [2.45, 2.75) is 24.2 Å². The number of aromatic hydroxyl groups is 1. The van der Waals surface area contributed by atoms with E-state index in [2.05, 4.69) is 10.7 Å². The standard InChI is InChI=1S/C46H38Cl2N4O7/c1-58-30-15-8-25(9-16-30)46-36(43(55)52(45(46)57)50-38-20-10-26(47)22-37(38)48)24-34-32(41(46)35-23-31(59-2)17-21-39(35)53)18-19-33-40(34)44(56)51(42(33)54)29-13-11-28(12-14-29)49-27-6-4-3-5-7-27/h3-18,20-23,33-34,36,40-41,49-50,53H,19,24H2,1-2H3. The Hall–Kier alpha value is -6.30. The lowest BCUT2D eigenvalue weighted by Gasteiger charge is -2.50. The number of imide groups is 2. The highest BCUT2D eigenvalue weighted by molar-refractivity contribution is 6.36. The molecule has 1 saturated carbocycles. The third kappa shape index (κ3) is 6.10. The molecule has 2 heterocycles. The van der Waals surface area contributed by atoms with Crippen LogP contribution in [0.3, 0.4) is 0 Å². The molecule has 4 aliphatic rings. The summed E-state index contributed by atoms with van der Waals surface area (Å²) in [5.74, 6) is -5.30. The zero-order valence-corrected chi connectivity index (χ0v) is 33.4. The van der Waals surface area contributed by atoms with Gasteiger partial charge in [0.2, 0.25) is 11.8 Å². The minimum absolute atomic E-state index is 0.0597. The Morgan fingerprint density at radius 2 is 1.44 bits per heavy atom. The van der Waals surface area contributed by atoms with Gasteiger partial charge in [-0.2, -0.15) is 5.01 Å². The second-order valence-electron chi connectivity index (χ2n) is 15.2. The van der Waals surface area contributed by atoms with Gasteiger partial charge in [-0.3, -0.25) is 29.5 Å². The molecular formula is C46H38Cl2N4O7. The highest BCUT2D eigenvalue weighted by Crippen LogP contribution is 2.65. The summed E-state index contributed by atoms with van der Waals surface area (Å²) in [6.45, 7) is 0. The summed E-state index contributed by atoms with van der Waals surface area (Å²) in [5.41, 5.74) is 5.24. The van der Waals surface area contributed by atoms with Gasteiger partial charge < -0.3 is 19.9 Å². The van der Waals surface area contributed by atoms with Crippen molar-refractivity contribution < 1.29 is 33.8 Å². The Kier molecular flexibility index (Phi) is 9.60. The first kappa shape index (κ1) is 38.2. The fourth-order valence-corrected chi connectivity index (χ4v) is 10.2. The molecule has 2 aliphatic heterocycles. The number of nitrogens with zero attached hydrogens (tertiary/aromatic N) is 2. The molecule has 13 heteroatoms. The van der Waals surface area contributed by atoms with Crippen molar-refractivity contribution in [2.24, 2.45) is 23.7 Å². The third-order valence-electron chi connectivity index (χ3n) is 12.3. The van der Waals surface area contributed by atoms with Gasteiger partial charge in [0.05, 0.1) is 53.8 Å². The average Bonchev–Trinajstić information content (AvgIpc) is 3.63. The molecule has 0 spiro atoms. The van der Waals surface area contributed by atoms with Gasteiger partial charge in [0.1, 0.15) is 17.2 Å². The number of methoxy groups -OCH3 is 2. The molecule has 6 unspecified atom stereocenters. The lowest BCUT2D eigenvalue weighted by Crippen LogP contribution is -2.53. The van der Waals surface area contributed by atoms with Crippen LogP contribution < -0.4 is 25.1 Å². The maximum Gasteiger partial charge on any atom is 0.260 e. The van der Waals surface area contributed by atoms with Crippen LogP contribution in [0, 0.1) is 23.7 Å². The van der Waals surface area contributed by atoms with Crippen LogP contribution in [-0.4, -0.2) is 48.0 Å². The van der Waals surface area contributed by atoms with E-state index < -0.39 is 46.8 Å². The van der Waals surface area contributed by atoms with Gasteiger partial charge in [-0.1, -0.05) is 65.2 Å². The smallest absolute Gasteiger partial charge is 0.260 e. The van der Waals surface area contributed by atoms with E-state index in [4.69, 9.17) is 32.7 Å². The van der Waals surface area contributed by atoms with Crippen molar-refractivity contribution in [3.63, 3.8) is 0 Å². The summed E-state index contributed by atoms with van der Waals surface area (Å²) in [5, 5.41) is 16.6. The van der Waals surface area contributed by atoms with Crippen LogP contribution in [0.1, 0.15) is 29.9 Å². The normalized spacial score (nSPS) is 24.6. The number of carbonyl (C=O) groups excluding carboxylic acids is 4. The number of ether oxygens (including phenoxy) is 2. The Balaban J connectivity index is 1.18.